The molecule has 0 amide bonds. The third-order valence-corrected chi connectivity index (χ3v) is 2.21. The fourth-order valence-corrected chi connectivity index (χ4v) is 1.46. The van der Waals surface area contributed by atoms with Gasteiger partial charge in [0.05, 0.1) is 17.3 Å². The molecule has 1 heterocycles. The molecule has 0 saturated heterocycles. The maximum atomic E-state index is 11.4. The first-order valence-electron chi connectivity index (χ1n) is 4.50. The number of rotatable bonds is 1. The number of H-pyrrole nitrogens is 1. The van der Waals surface area contributed by atoms with Gasteiger partial charge in [-0.3, -0.25) is 4.57 Å². The zero-order valence-electron chi connectivity index (χ0n) is 8.19. The van der Waals surface area contributed by atoms with Crippen molar-refractivity contribution in [2.75, 3.05) is 0 Å². The topological polar surface area (TPSA) is 61.6 Å². The minimum Gasteiger partial charge on any atom is -0.312 e. The van der Waals surface area contributed by atoms with Crippen LogP contribution >= 0.6 is 0 Å². The lowest BCUT2D eigenvalue weighted by molar-refractivity contribution is 0.949. The maximum absolute atomic E-state index is 11.4. The maximum Gasteiger partial charge on any atom is 0.330 e. The molecule has 0 radical (unpaired) electrons. The van der Waals surface area contributed by atoms with Crippen LogP contribution in [0.5, 0.6) is 0 Å². The van der Waals surface area contributed by atoms with E-state index in [1.807, 2.05) is 13.0 Å². The van der Waals surface area contributed by atoms with Crippen LogP contribution in [-0.2, 0) is 0 Å². The number of nitrogens with one attached hydrogen (secondary N) is 1. The molecule has 0 aliphatic carbocycles. The SMILES string of the molecule is Cc1c[nH]c(=O)n1-c1ccc(C#N)cc1. The van der Waals surface area contributed by atoms with Crippen molar-refractivity contribution in [3.8, 4) is 11.8 Å². The van der Waals surface area contributed by atoms with Crippen LogP contribution in [0.3, 0.4) is 0 Å². The molecule has 0 fully saturated rings. The molecule has 0 spiro atoms. The predicted molar refractivity (Wildman–Crippen MR) is 55.8 cm³/mol. The normalized spacial score (nSPS) is 9.87. The van der Waals surface area contributed by atoms with Gasteiger partial charge in [-0.2, -0.15) is 5.26 Å². The van der Waals surface area contributed by atoms with Crippen LogP contribution in [0.25, 0.3) is 5.69 Å². The average Bonchev–Trinajstić information content (AvgIpc) is 2.59. The van der Waals surface area contributed by atoms with Crippen LogP contribution in [0.4, 0.5) is 0 Å². The van der Waals surface area contributed by atoms with Gasteiger partial charge in [-0.15, -0.1) is 0 Å². The van der Waals surface area contributed by atoms with Gasteiger partial charge >= 0.3 is 5.69 Å². The van der Waals surface area contributed by atoms with Gasteiger partial charge in [-0.1, -0.05) is 0 Å². The summed E-state index contributed by atoms with van der Waals surface area (Å²) in [6, 6.07) is 8.91. The summed E-state index contributed by atoms with van der Waals surface area (Å²) in [5.41, 5.74) is 2.01. The Morgan fingerprint density at radius 2 is 2.00 bits per heavy atom. The summed E-state index contributed by atoms with van der Waals surface area (Å²) in [5, 5.41) is 8.64. The molecule has 0 atom stereocenters. The van der Waals surface area contributed by atoms with Crippen LogP contribution in [0.2, 0.25) is 0 Å². The molecular weight excluding hydrogens is 190 g/mol. The molecule has 1 aromatic carbocycles. The first kappa shape index (κ1) is 9.28. The van der Waals surface area contributed by atoms with Crippen molar-refractivity contribution in [2.24, 2.45) is 0 Å². The minimum atomic E-state index is -0.169. The summed E-state index contributed by atoms with van der Waals surface area (Å²) < 4.78 is 1.56. The largest absolute Gasteiger partial charge is 0.330 e. The van der Waals surface area contributed by atoms with E-state index in [-0.39, 0.29) is 5.69 Å². The molecule has 0 aliphatic heterocycles. The molecule has 4 nitrogen and oxygen atoms in total. The van der Waals surface area contributed by atoms with Crippen LogP contribution in [0.15, 0.2) is 35.3 Å². The first-order chi connectivity index (χ1) is 7.22. The number of benzene rings is 1. The standard InChI is InChI=1S/C11H9N3O/c1-8-7-13-11(15)14(8)10-4-2-9(6-12)3-5-10/h2-5,7H,1H3,(H,13,15). The summed E-state index contributed by atoms with van der Waals surface area (Å²) in [6.45, 7) is 1.84. The molecule has 1 aromatic heterocycles. The number of nitrogens with zero attached hydrogens (tertiary/aromatic N) is 2. The van der Waals surface area contributed by atoms with E-state index in [0.717, 1.165) is 11.4 Å². The number of aromatic amines is 1. The van der Waals surface area contributed by atoms with Gasteiger partial charge in [0.2, 0.25) is 0 Å². The van der Waals surface area contributed by atoms with E-state index >= 15 is 0 Å². The Morgan fingerprint density at radius 1 is 1.33 bits per heavy atom. The number of nitriles is 1. The Kier molecular flexibility index (Phi) is 2.14. The van der Waals surface area contributed by atoms with E-state index in [4.69, 9.17) is 5.26 Å². The summed E-state index contributed by atoms with van der Waals surface area (Å²) in [7, 11) is 0. The molecule has 0 aliphatic rings. The summed E-state index contributed by atoms with van der Waals surface area (Å²) >= 11 is 0. The van der Waals surface area contributed by atoms with E-state index in [0.29, 0.717) is 5.56 Å². The van der Waals surface area contributed by atoms with Crippen molar-refractivity contribution in [1.29, 1.82) is 5.26 Å². The fourth-order valence-electron chi connectivity index (χ4n) is 1.46. The average molecular weight is 199 g/mol. The van der Waals surface area contributed by atoms with Crippen molar-refractivity contribution in [2.45, 2.75) is 6.92 Å². The molecule has 0 saturated carbocycles. The van der Waals surface area contributed by atoms with Gasteiger partial charge in [-0.25, -0.2) is 4.79 Å². The van der Waals surface area contributed by atoms with Gasteiger partial charge in [0, 0.05) is 11.9 Å². The summed E-state index contributed by atoms with van der Waals surface area (Å²) in [5.74, 6) is 0. The molecule has 2 rings (SSSR count). The van der Waals surface area contributed by atoms with Crippen molar-refractivity contribution in [3.05, 3.63) is 52.2 Å². The third kappa shape index (κ3) is 1.55. The summed E-state index contributed by atoms with van der Waals surface area (Å²) in [6.07, 6.45) is 1.65. The Labute approximate surface area is 86.4 Å². The molecule has 2 aromatic rings. The molecule has 0 bridgehead atoms. The Hall–Kier alpha value is -2.28. The Bertz CT molecular complexity index is 569. The van der Waals surface area contributed by atoms with Gasteiger partial charge in [-0.05, 0) is 31.2 Å². The van der Waals surface area contributed by atoms with Crippen LogP contribution in [0.1, 0.15) is 11.3 Å². The van der Waals surface area contributed by atoms with Crippen LogP contribution < -0.4 is 5.69 Å². The van der Waals surface area contributed by atoms with Crippen molar-refractivity contribution < 1.29 is 0 Å². The lowest BCUT2D eigenvalue weighted by Gasteiger charge is -2.02. The molecule has 4 heteroatoms. The monoisotopic (exact) mass is 199 g/mol. The number of aromatic nitrogens is 2. The number of imidazole rings is 1. The van der Waals surface area contributed by atoms with Crippen molar-refractivity contribution in [1.82, 2.24) is 9.55 Å². The molecule has 15 heavy (non-hydrogen) atoms. The van der Waals surface area contributed by atoms with Gasteiger partial charge in [0.1, 0.15) is 0 Å². The second-order valence-corrected chi connectivity index (χ2v) is 3.23. The Balaban J connectivity index is 2.56. The van der Waals surface area contributed by atoms with Gasteiger partial charge in [0.25, 0.3) is 0 Å². The molecule has 0 unspecified atom stereocenters. The molecule has 1 N–H and O–H groups in total. The molecule has 74 valence electrons. The quantitative estimate of drug-likeness (QED) is 0.753. The van der Waals surface area contributed by atoms with Crippen molar-refractivity contribution in [3.63, 3.8) is 0 Å². The van der Waals surface area contributed by atoms with E-state index in [9.17, 15) is 4.79 Å². The number of hydrogen-bond donors (Lipinski definition) is 1. The lowest BCUT2D eigenvalue weighted by atomic mass is 10.2. The zero-order valence-corrected chi connectivity index (χ0v) is 8.19. The van der Waals surface area contributed by atoms with Crippen LogP contribution in [-0.4, -0.2) is 9.55 Å². The highest BCUT2D eigenvalue weighted by Gasteiger charge is 2.03. The Morgan fingerprint density at radius 3 is 2.47 bits per heavy atom. The minimum absolute atomic E-state index is 0.169. The second-order valence-electron chi connectivity index (χ2n) is 3.23. The number of aryl methyl sites for hydroxylation is 1. The van der Waals surface area contributed by atoms with E-state index < -0.39 is 0 Å². The van der Waals surface area contributed by atoms with Crippen molar-refractivity contribution >= 4 is 0 Å². The van der Waals surface area contributed by atoms with E-state index in [2.05, 4.69) is 4.98 Å². The van der Waals surface area contributed by atoms with Crippen LogP contribution in [0, 0.1) is 18.3 Å². The number of hydrogen-bond acceptors (Lipinski definition) is 2. The smallest absolute Gasteiger partial charge is 0.312 e. The third-order valence-electron chi connectivity index (χ3n) is 2.21. The zero-order chi connectivity index (χ0) is 10.8. The second kappa shape index (κ2) is 3.46. The van der Waals surface area contributed by atoms with E-state index in [1.165, 1.54) is 0 Å². The molecular formula is C11H9N3O. The highest BCUT2D eigenvalue weighted by molar-refractivity contribution is 5.40. The van der Waals surface area contributed by atoms with Gasteiger partial charge in [0.15, 0.2) is 0 Å². The highest BCUT2D eigenvalue weighted by Crippen LogP contribution is 2.08. The predicted octanol–water partition coefficient (Wildman–Crippen LogP) is 1.35. The first-order valence-corrected chi connectivity index (χ1v) is 4.50. The van der Waals surface area contributed by atoms with E-state index in [1.54, 1.807) is 35.0 Å². The lowest BCUT2D eigenvalue weighted by Crippen LogP contribution is -2.15. The van der Waals surface area contributed by atoms with Gasteiger partial charge < -0.3 is 4.98 Å². The highest BCUT2D eigenvalue weighted by atomic mass is 16.1. The fraction of sp³-hybridized carbons (Fsp3) is 0.0909. The summed E-state index contributed by atoms with van der Waals surface area (Å²) in [4.78, 5) is 14.0.